The molecule has 0 saturated heterocycles. The molecule has 2 rings (SSSR count). The number of benzene rings is 2. The Kier molecular flexibility index (Phi) is 4.88. The second-order valence-electron chi connectivity index (χ2n) is 4.37. The van der Waals surface area contributed by atoms with Crippen LogP contribution in [0.1, 0.15) is 16.7 Å². The number of halogens is 5. The Balaban J connectivity index is 2.16. The lowest BCUT2D eigenvalue weighted by atomic mass is 10.1. The maximum Gasteiger partial charge on any atom is 0.416 e. The van der Waals surface area contributed by atoms with Gasteiger partial charge in [-0.1, -0.05) is 28.1 Å². The summed E-state index contributed by atoms with van der Waals surface area (Å²) in [5.74, 6) is -0.0478. The Morgan fingerprint density at radius 3 is 2.43 bits per heavy atom. The van der Waals surface area contributed by atoms with Crippen LogP contribution in [0.15, 0.2) is 42.5 Å². The van der Waals surface area contributed by atoms with Gasteiger partial charge in [0.2, 0.25) is 0 Å². The van der Waals surface area contributed by atoms with E-state index >= 15 is 0 Å². The maximum atomic E-state index is 13.0. The first-order valence-electron chi connectivity index (χ1n) is 6.03. The van der Waals surface area contributed by atoms with E-state index in [1.165, 1.54) is 18.2 Å². The van der Waals surface area contributed by atoms with Crippen molar-refractivity contribution in [3.8, 4) is 5.75 Å². The largest absolute Gasteiger partial charge is 0.489 e. The molecule has 0 fully saturated rings. The standard InChI is InChI=1S/C15H11BrF4O/c16-8-11-7-12(15(18,19)20)4-5-14(11)21-9-10-2-1-3-13(17)6-10/h1-7H,8-9H2. The van der Waals surface area contributed by atoms with Gasteiger partial charge in [0.25, 0.3) is 0 Å². The van der Waals surface area contributed by atoms with E-state index in [9.17, 15) is 17.6 Å². The minimum absolute atomic E-state index is 0.0864. The molecule has 21 heavy (non-hydrogen) atoms. The number of rotatable bonds is 4. The van der Waals surface area contributed by atoms with Crippen LogP contribution in [0.5, 0.6) is 5.75 Å². The minimum atomic E-state index is -4.39. The van der Waals surface area contributed by atoms with Gasteiger partial charge in [-0.15, -0.1) is 0 Å². The summed E-state index contributed by atoms with van der Waals surface area (Å²) >= 11 is 3.14. The average molecular weight is 363 g/mol. The molecule has 112 valence electrons. The molecule has 2 aromatic carbocycles. The smallest absolute Gasteiger partial charge is 0.416 e. The van der Waals surface area contributed by atoms with E-state index in [0.29, 0.717) is 16.9 Å². The highest BCUT2D eigenvalue weighted by atomic mass is 79.9. The van der Waals surface area contributed by atoms with Gasteiger partial charge in [0.05, 0.1) is 5.56 Å². The zero-order chi connectivity index (χ0) is 15.5. The van der Waals surface area contributed by atoms with Crippen LogP contribution in [-0.2, 0) is 18.1 Å². The lowest BCUT2D eigenvalue weighted by molar-refractivity contribution is -0.137. The summed E-state index contributed by atoms with van der Waals surface area (Å²) in [6, 6.07) is 9.14. The van der Waals surface area contributed by atoms with E-state index in [1.807, 2.05) is 0 Å². The van der Waals surface area contributed by atoms with Crippen LogP contribution in [0.2, 0.25) is 0 Å². The fourth-order valence-corrected chi connectivity index (χ4v) is 2.23. The molecule has 0 saturated carbocycles. The summed E-state index contributed by atoms with van der Waals surface area (Å²) in [5, 5.41) is 0.232. The van der Waals surface area contributed by atoms with E-state index in [0.717, 1.165) is 12.1 Å². The molecule has 2 aromatic rings. The third-order valence-corrected chi connectivity index (χ3v) is 3.42. The summed E-state index contributed by atoms with van der Waals surface area (Å²) in [4.78, 5) is 0. The normalized spacial score (nSPS) is 11.5. The van der Waals surface area contributed by atoms with Gasteiger partial charge in [0.15, 0.2) is 0 Å². The topological polar surface area (TPSA) is 9.23 Å². The van der Waals surface area contributed by atoms with Gasteiger partial charge < -0.3 is 4.74 Å². The number of alkyl halides is 4. The third-order valence-electron chi connectivity index (χ3n) is 2.82. The van der Waals surface area contributed by atoms with E-state index < -0.39 is 11.7 Å². The predicted octanol–water partition coefficient (Wildman–Crippen LogP) is 5.32. The Hall–Kier alpha value is -1.56. The summed E-state index contributed by atoms with van der Waals surface area (Å²) < 4.78 is 56.4. The maximum absolute atomic E-state index is 13.0. The Morgan fingerprint density at radius 2 is 1.81 bits per heavy atom. The zero-order valence-corrected chi connectivity index (χ0v) is 12.3. The molecule has 1 nitrogen and oxygen atoms in total. The predicted molar refractivity (Wildman–Crippen MR) is 74.8 cm³/mol. The number of ether oxygens (including phenoxy) is 1. The van der Waals surface area contributed by atoms with Crippen LogP contribution < -0.4 is 4.74 Å². The fraction of sp³-hybridized carbons (Fsp3) is 0.200. The van der Waals surface area contributed by atoms with Gasteiger partial charge in [0, 0.05) is 10.9 Å². The molecule has 0 heterocycles. The first-order valence-corrected chi connectivity index (χ1v) is 7.15. The van der Waals surface area contributed by atoms with E-state index in [1.54, 1.807) is 12.1 Å². The first-order chi connectivity index (χ1) is 9.90. The lowest BCUT2D eigenvalue weighted by Gasteiger charge is -2.13. The van der Waals surface area contributed by atoms with E-state index in [-0.39, 0.29) is 17.8 Å². The van der Waals surface area contributed by atoms with E-state index in [4.69, 9.17) is 4.74 Å². The van der Waals surface area contributed by atoms with Crippen LogP contribution in [0.25, 0.3) is 0 Å². The minimum Gasteiger partial charge on any atom is -0.489 e. The summed E-state index contributed by atoms with van der Waals surface area (Å²) in [6.07, 6.45) is -4.39. The van der Waals surface area contributed by atoms with Crippen molar-refractivity contribution in [2.45, 2.75) is 18.1 Å². The Bertz CT molecular complexity index is 625. The molecule has 0 spiro atoms. The van der Waals surface area contributed by atoms with Crippen LogP contribution in [0.3, 0.4) is 0 Å². The molecule has 0 N–H and O–H groups in total. The summed E-state index contributed by atoms with van der Waals surface area (Å²) in [6.45, 7) is 0.0864. The van der Waals surface area contributed by atoms with Gasteiger partial charge in [-0.05, 0) is 35.9 Å². The SMILES string of the molecule is Fc1cccc(COc2ccc(C(F)(F)F)cc2CBr)c1. The third kappa shape index (κ3) is 4.20. The van der Waals surface area contributed by atoms with Gasteiger partial charge >= 0.3 is 6.18 Å². The lowest BCUT2D eigenvalue weighted by Crippen LogP contribution is -2.06. The van der Waals surface area contributed by atoms with Crippen LogP contribution >= 0.6 is 15.9 Å². The second-order valence-corrected chi connectivity index (χ2v) is 4.93. The van der Waals surface area contributed by atoms with Crippen LogP contribution in [0, 0.1) is 5.82 Å². The van der Waals surface area contributed by atoms with Gasteiger partial charge in [0.1, 0.15) is 18.2 Å². The van der Waals surface area contributed by atoms with Crippen molar-refractivity contribution in [1.82, 2.24) is 0 Å². The zero-order valence-electron chi connectivity index (χ0n) is 10.8. The number of hydrogen-bond donors (Lipinski definition) is 0. The molecule has 0 amide bonds. The van der Waals surface area contributed by atoms with Crippen molar-refractivity contribution in [1.29, 1.82) is 0 Å². The Labute approximate surface area is 127 Å². The van der Waals surface area contributed by atoms with E-state index in [2.05, 4.69) is 15.9 Å². The second kappa shape index (κ2) is 6.47. The quantitative estimate of drug-likeness (QED) is 0.528. The van der Waals surface area contributed by atoms with Crippen molar-refractivity contribution in [3.63, 3.8) is 0 Å². The average Bonchev–Trinajstić information content (AvgIpc) is 2.44. The summed E-state index contributed by atoms with van der Waals surface area (Å²) in [5.41, 5.74) is 0.270. The summed E-state index contributed by atoms with van der Waals surface area (Å²) in [7, 11) is 0. The molecular formula is C15H11BrF4O. The van der Waals surface area contributed by atoms with Gasteiger partial charge in [-0.3, -0.25) is 0 Å². The molecule has 0 bridgehead atoms. The van der Waals surface area contributed by atoms with Crippen molar-refractivity contribution in [2.24, 2.45) is 0 Å². The van der Waals surface area contributed by atoms with Crippen molar-refractivity contribution < 1.29 is 22.3 Å². The van der Waals surface area contributed by atoms with Crippen molar-refractivity contribution in [2.75, 3.05) is 0 Å². The fourth-order valence-electron chi connectivity index (χ4n) is 1.79. The number of hydrogen-bond acceptors (Lipinski definition) is 1. The first kappa shape index (κ1) is 15.8. The van der Waals surface area contributed by atoms with Gasteiger partial charge in [-0.25, -0.2) is 4.39 Å². The highest BCUT2D eigenvalue weighted by Crippen LogP contribution is 2.33. The molecule has 0 aliphatic carbocycles. The molecule has 0 radical (unpaired) electrons. The molecule has 0 aliphatic rings. The molecule has 0 aliphatic heterocycles. The van der Waals surface area contributed by atoms with Crippen LogP contribution in [0.4, 0.5) is 17.6 Å². The monoisotopic (exact) mass is 362 g/mol. The molecule has 0 aromatic heterocycles. The molecule has 6 heteroatoms. The Morgan fingerprint density at radius 1 is 1.05 bits per heavy atom. The highest BCUT2D eigenvalue weighted by Gasteiger charge is 2.31. The van der Waals surface area contributed by atoms with Crippen molar-refractivity contribution >= 4 is 15.9 Å². The van der Waals surface area contributed by atoms with Gasteiger partial charge in [-0.2, -0.15) is 13.2 Å². The highest BCUT2D eigenvalue weighted by molar-refractivity contribution is 9.08. The molecular weight excluding hydrogens is 352 g/mol. The molecule has 0 unspecified atom stereocenters. The molecule has 0 atom stereocenters. The van der Waals surface area contributed by atoms with Crippen molar-refractivity contribution in [3.05, 3.63) is 65.0 Å². The van der Waals surface area contributed by atoms with Crippen LogP contribution in [-0.4, -0.2) is 0 Å².